The zero-order valence-electron chi connectivity index (χ0n) is 16.8. The van der Waals surface area contributed by atoms with Crippen LogP contribution in [0.4, 0.5) is 0 Å². The third-order valence-electron chi connectivity index (χ3n) is 5.17. The highest BCUT2D eigenvalue weighted by Crippen LogP contribution is 2.22. The lowest BCUT2D eigenvalue weighted by molar-refractivity contribution is 0.0915. The van der Waals surface area contributed by atoms with Crippen molar-refractivity contribution < 1.29 is 14.1 Å². The van der Waals surface area contributed by atoms with Gasteiger partial charge in [-0.25, -0.2) is 4.68 Å². The molecule has 4 aromatic heterocycles. The van der Waals surface area contributed by atoms with Crippen molar-refractivity contribution >= 4 is 5.91 Å². The van der Waals surface area contributed by atoms with E-state index in [0.29, 0.717) is 17.0 Å². The van der Waals surface area contributed by atoms with E-state index in [-0.39, 0.29) is 24.5 Å². The Bertz CT molecular complexity index is 1290. The quantitative estimate of drug-likeness (QED) is 0.507. The zero-order chi connectivity index (χ0) is 21.9. The van der Waals surface area contributed by atoms with E-state index in [0.717, 1.165) is 5.56 Å². The number of nitrogens with one attached hydrogen (secondary N) is 1. The van der Waals surface area contributed by atoms with Crippen molar-refractivity contribution in [3.63, 3.8) is 0 Å². The summed E-state index contributed by atoms with van der Waals surface area (Å²) >= 11 is 0. The number of carbonyl (C=O) groups is 1. The molecule has 0 aromatic carbocycles. The number of nitrogens with zero attached hydrogens (tertiary/aromatic N) is 5. The molecular formula is C22H18N6O4. The number of rotatable bonds is 5. The van der Waals surface area contributed by atoms with E-state index >= 15 is 0 Å². The first-order chi connectivity index (χ1) is 15.7. The van der Waals surface area contributed by atoms with Crippen molar-refractivity contribution in [2.75, 3.05) is 13.2 Å². The van der Waals surface area contributed by atoms with Gasteiger partial charge in [0.2, 0.25) is 0 Å². The molecule has 1 fully saturated rings. The molecule has 4 aromatic rings. The van der Waals surface area contributed by atoms with Gasteiger partial charge < -0.3 is 14.6 Å². The minimum Gasteiger partial charge on any atom is -0.377 e. The molecule has 1 amide bonds. The first-order valence-electron chi connectivity index (χ1n) is 9.95. The van der Waals surface area contributed by atoms with Crippen molar-refractivity contribution in [2.45, 2.75) is 12.1 Å². The summed E-state index contributed by atoms with van der Waals surface area (Å²) in [4.78, 5) is 33.3. The molecule has 32 heavy (non-hydrogen) atoms. The standard InChI is InChI=1S/C22H18N6O4/c29-21-4-3-16(14-5-8-23-9-6-14)26-28(21)19-13-31-12-18(19)25-22(30)17-10-20(32-27-17)15-2-1-7-24-11-15/h1-11,18-19H,12-13H2,(H,25,30). The maximum atomic E-state index is 12.8. The maximum absolute atomic E-state index is 12.8. The fourth-order valence-corrected chi connectivity index (χ4v) is 3.53. The third-order valence-corrected chi connectivity index (χ3v) is 5.17. The van der Waals surface area contributed by atoms with Crippen LogP contribution in [0.15, 0.2) is 76.6 Å². The summed E-state index contributed by atoms with van der Waals surface area (Å²) in [6.07, 6.45) is 6.59. The fraction of sp³-hybridized carbons (Fsp3) is 0.182. The summed E-state index contributed by atoms with van der Waals surface area (Å²) in [6, 6.07) is 10.9. The van der Waals surface area contributed by atoms with Crippen molar-refractivity contribution in [3.05, 3.63) is 83.3 Å². The van der Waals surface area contributed by atoms with Crippen molar-refractivity contribution in [1.29, 1.82) is 0 Å². The SMILES string of the molecule is O=C(NC1COCC1n1nc(-c2ccncc2)ccc1=O)c1cc(-c2cccnc2)on1. The Hall–Kier alpha value is -4.18. The van der Waals surface area contributed by atoms with Crippen LogP contribution in [-0.4, -0.2) is 50.1 Å². The number of hydrogen-bond acceptors (Lipinski definition) is 8. The molecule has 1 aliphatic heterocycles. The van der Waals surface area contributed by atoms with E-state index in [1.807, 2.05) is 18.2 Å². The molecule has 10 heteroatoms. The Kier molecular flexibility index (Phi) is 5.26. The lowest BCUT2D eigenvalue weighted by Gasteiger charge is -2.20. The van der Waals surface area contributed by atoms with Gasteiger partial charge >= 0.3 is 0 Å². The minimum atomic E-state index is -0.460. The Morgan fingerprint density at radius 2 is 1.91 bits per heavy atom. The lowest BCUT2D eigenvalue weighted by Crippen LogP contribution is -2.44. The first-order valence-corrected chi connectivity index (χ1v) is 9.95. The van der Waals surface area contributed by atoms with E-state index in [1.54, 1.807) is 43.0 Å². The van der Waals surface area contributed by atoms with Gasteiger partial charge in [0, 0.05) is 48.0 Å². The molecule has 0 radical (unpaired) electrons. The van der Waals surface area contributed by atoms with Crippen molar-refractivity contribution in [3.8, 4) is 22.6 Å². The van der Waals surface area contributed by atoms with Crippen LogP contribution >= 0.6 is 0 Å². The molecule has 5 rings (SSSR count). The van der Waals surface area contributed by atoms with Gasteiger partial charge in [0.05, 0.1) is 24.9 Å². The maximum Gasteiger partial charge on any atom is 0.273 e. The number of pyridine rings is 2. The summed E-state index contributed by atoms with van der Waals surface area (Å²) in [7, 11) is 0. The normalized spacial score (nSPS) is 17.9. The molecule has 0 aliphatic carbocycles. The molecule has 10 nitrogen and oxygen atoms in total. The average Bonchev–Trinajstić information content (AvgIpc) is 3.51. The summed E-state index contributed by atoms with van der Waals surface area (Å²) in [5.41, 5.74) is 2.02. The fourth-order valence-electron chi connectivity index (χ4n) is 3.53. The smallest absolute Gasteiger partial charge is 0.273 e. The summed E-state index contributed by atoms with van der Waals surface area (Å²) in [5, 5.41) is 11.2. The Balaban J connectivity index is 1.36. The van der Waals surface area contributed by atoms with Gasteiger partial charge in [-0.15, -0.1) is 0 Å². The van der Waals surface area contributed by atoms with Crippen LogP contribution in [0.25, 0.3) is 22.6 Å². The van der Waals surface area contributed by atoms with Crippen LogP contribution in [-0.2, 0) is 4.74 Å². The highest BCUT2D eigenvalue weighted by atomic mass is 16.5. The predicted molar refractivity (Wildman–Crippen MR) is 113 cm³/mol. The molecule has 1 aliphatic rings. The zero-order valence-corrected chi connectivity index (χ0v) is 16.8. The summed E-state index contributed by atoms with van der Waals surface area (Å²) < 4.78 is 12.2. The second kappa shape index (κ2) is 8.52. The second-order valence-electron chi connectivity index (χ2n) is 7.24. The van der Waals surface area contributed by atoms with Crippen LogP contribution in [0.2, 0.25) is 0 Å². The van der Waals surface area contributed by atoms with E-state index < -0.39 is 18.0 Å². The van der Waals surface area contributed by atoms with Gasteiger partial charge in [-0.05, 0) is 30.3 Å². The average molecular weight is 430 g/mol. The molecule has 0 spiro atoms. The van der Waals surface area contributed by atoms with Crippen LogP contribution in [0, 0.1) is 0 Å². The Morgan fingerprint density at radius 3 is 2.72 bits per heavy atom. The summed E-state index contributed by atoms with van der Waals surface area (Å²) in [5.74, 6) is 0.00753. The Morgan fingerprint density at radius 1 is 1.03 bits per heavy atom. The first kappa shape index (κ1) is 19.8. The van der Waals surface area contributed by atoms with Crippen molar-refractivity contribution in [2.24, 2.45) is 0 Å². The summed E-state index contributed by atoms with van der Waals surface area (Å²) in [6.45, 7) is 0.495. The highest BCUT2D eigenvalue weighted by Gasteiger charge is 2.33. The van der Waals surface area contributed by atoms with Crippen molar-refractivity contribution in [1.82, 2.24) is 30.2 Å². The minimum absolute atomic E-state index is 0.125. The molecular weight excluding hydrogens is 412 g/mol. The molecule has 2 atom stereocenters. The number of carbonyl (C=O) groups excluding carboxylic acids is 1. The van der Waals surface area contributed by atoms with E-state index in [4.69, 9.17) is 9.26 Å². The van der Waals surface area contributed by atoms with Gasteiger partial charge in [-0.2, -0.15) is 5.10 Å². The largest absolute Gasteiger partial charge is 0.377 e. The molecule has 1 N–H and O–H groups in total. The number of aromatic nitrogens is 5. The van der Waals surface area contributed by atoms with Gasteiger partial charge in [-0.3, -0.25) is 19.6 Å². The topological polar surface area (TPSA) is 125 Å². The Labute approximate surface area is 181 Å². The molecule has 0 bridgehead atoms. The van der Waals surface area contributed by atoms with Crippen LogP contribution in [0.5, 0.6) is 0 Å². The molecule has 0 saturated carbocycles. The van der Waals surface area contributed by atoms with Gasteiger partial charge in [0.25, 0.3) is 11.5 Å². The lowest BCUT2D eigenvalue weighted by atomic mass is 10.1. The predicted octanol–water partition coefficient (Wildman–Crippen LogP) is 1.73. The number of ether oxygens (including phenoxy) is 1. The third kappa shape index (κ3) is 3.91. The monoisotopic (exact) mass is 430 g/mol. The highest BCUT2D eigenvalue weighted by molar-refractivity contribution is 5.93. The molecule has 1 saturated heterocycles. The van der Waals surface area contributed by atoms with E-state index in [2.05, 4.69) is 25.5 Å². The van der Waals surface area contributed by atoms with Gasteiger partial charge in [0.15, 0.2) is 11.5 Å². The number of amides is 1. The van der Waals surface area contributed by atoms with Crippen LogP contribution < -0.4 is 10.9 Å². The second-order valence-corrected chi connectivity index (χ2v) is 7.24. The van der Waals surface area contributed by atoms with Gasteiger partial charge in [0.1, 0.15) is 6.04 Å². The van der Waals surface area contributed by atoms with E-state index in [9.17, 15) is 9.59 Å². The van der Waals surface area contributed by atoms with E-state index in [1.165, 1.54) is 10.7 Å². The van der Waals surface area contributed by atoms with Gasteiger partial charge in [-0.1, -0.05) is 5.16 Å². The molecule has 5 heterocycles. The molecule has 160 valence electrons. The number of hydrogen-bond donors (Lipinski definition) is 1. The van der Waals surface area contributed by atoms with Crippen LogP contribution in [0.1, 0.15) is 16.5 Å². The molecule has 2 unspecified atom stereocenters. The van der Waals surface area contributed by atoms with Crippen LogP contribution in [0.3, 0.4) is 0 Å².